The van der Waals surface area contributed by atoms with E-state index in [4.69, 9.17) is 9.84 Å². The second-order valence-corrected chi connectivity index (χ2v) is 5.49. The average molecular weight is 256 g/mol. The SMILES string of the molecule is O=C(O)CCCCCCCCCCC1CCOC1. The fourth-order valence-corrected chi connectivity index (χ4v) is 2.58. The van der Waals surface area contributed by atoms with Crippen molar-refractivity contribution in [1.82, 2.24) is 0 Å². The molecule has 1 heterocycles. The van der Waals surface area contributed by atoms with Gasteiger partial charge in [0, 0.05) is 19.6 Å². The van der Waals surface area contributed by atoms with Gasteiger partial charge in [0.15, 0.2) is 0 Å². The summed E-state index contributed by atoms with van der Waals surface area (Å²) in [6, 6.07) is 0. The van der Waals surface area contributed by atoms with E-state index in [1.54, 1.807) is 0 Å². The molecule has 106 valence electrons. The number of ether oxygens (including phenoxy) is 1. The molecule has 0 saturated carbocycles. The van der Waals surface area contributed by atoms with Crippen molar-refractivity contribution in [1.29, 1.82) is 0 Å². The zero-order valence-electron chi connectivity index (χ0n) is 11.5. The maximum atomic E-state index is 10.3. The molecule has 1 aliphatic rings. The van der Waals surface area contributed by atoms with Crippen LogP contribution in [0.2, 0.25) is 0 Å². The lowest BCUT2D eigenvalue weighted by Gasteiger charge is -2.06. The van der Waals surface area contributed by atoms with Crippen LogP contribution in [0.1, 0.15) is 70.6 Å². The minimum atomic E-state index is -0.661. The molecule has 1 N–H and O–H groups in total. The fourth-order valence-electron chi connectivity index (χ4n) is 2.58. The van der Waals surface area contributed by atoms with Crippen molar-refractivity contribution in [2.45, 2.75) is 70.6 Å². The summed E-state index contributed by atoms with van der Waals surface area (Å²) in [5.74, 6) is 0.173. The molecule has 0 spiro atoms. The van der Waals surface area contributed by atoms with Gasteiger partial charge >= 0.3 is 5.97 Å². The second-order valence-electron chi connectivity index (χ2n) is 5.49. The summed E-state index contributed by atoms with van der Waals surface area (Å²) in [4.78, 5) is 10.3. The summed E-state index contributed by atoms with van der Waals surface area (Å²) in [5, 5.41) is 8.49. The Hall–Kier alpha value is -0.570. The van der Waals surface area contributed by atoms with E-state index in [1.165, 1.54) is 51.4 Å². The lowest BCUT2D eigenvalue weighted by Crippen LogP contribution is -1.98. The predicted molar refractivity (Wildman–Crippen MR) is 72.7 cm³/mol. The number of carboxylic acids is 1. The van der Waals surface area contributed by atoms with Gasteiger partial charge in [0.1, 0.15) is 0 Å². The van der Waals surface area contributed by atoms with Crippen molar-refractivity contribution in [2.75, 3.05) is 13.2 Å². The molecule has 0 radical (unpaired) electrons. The smallest absolute Gasteiger partial charge is 0.303 e. The summed E-state index contributed by atoms with van der Waals surface area (Å²) in [6.07, 6.45) is 12.7. The van der Waals surface area contributed by atoms with Crippen molar-refractivity contribution in [2.24, 2.45) is 5.92 Å². The van der Waals surface area contributed by atoms with E-state index in [1.807, 2.05) is 0 Å². The molecule has 0 aromatic carbocycles. The molecule has 18 heavy (non-hydrogen) atoms. The van der Waals surface area contributed by atoms with E-state index in [0.717, 1.165) is 32.0 Å². The van der Waals surface area contributed by atoms with Crippen LogP contribution < -0.4 is 0 Å². The number of hydrogen-bond acceptors (Lipinski definition) is 2. The summed E-state index contributed by atoms with van der Waals surface area (Å²) >= 11 is 0. The van der Waals surface area contributed by atoms with E-state index >= 15 is 0 Å². The van der Waals surface area contributed by atoms with Crippen molar-refractivity contribution in [3.05, 3.63) is 0 Å². The van der Waals surface area contributed by atoms with Crippen LogP contribution in [0.3, 0.4) is 0 Å². The molecular weight excluding hydrogens is 228 g/mol. The van der Waals surface area contributed by atoms with Gasteiger partial charge in [0.2, 0.25) is 0 Å². The van der Waals surface area contributed by atoms with Crippen molar-refractivity contribution in [3.8, 4) is 0 Å². The van der Waals surface area contributed by atoms with Gasteiger partial charge in [0.05, 0.1) is 0 Å². The third-order valence-electron chi connectivity index (χ3n) is 3.78. The standard InChI is InChI=1S/C15H28O3/c16-15(17)10-8-6-4-2-1-3-5-7-9-14-11-12-18-13-14/h14H,1-13H2,(H,16,17). The maximum absolute atomic E-state index is 10.3. The van der Waals surface area contributed by atoms with Gasteiger partial charge in [-0.3, -0.25) is 4.79 Å². The molecule has 0 aliphatic carbocycles. The Morgan fingerprint density at radius 3 is 2.17 bits per heavy atom. The lowest BCUT2D eigenvalue weighted by atomic mass is 9.99. The average Bonchev–Trinajstić information content (AvgIpc) is 2.84. The van der Waals surface area contributed by atoms with Crippen LogP contribution in [-0.4, -0.2) is 24.3 Å². The molecule has 3 heteroatoms. The third kappa shape index (κ3) is 8.51. The van der Waals surface area contributed by atoms with E-state index < -0.39 is 5.97 Å². The molecule has 1 rings (SSSR count). The van der Waals surface area contributed by atoms with Gasteiger partial charge in [-0.1, -0.05) is 44.9 Å². The lowest BCUT2D eigenvalue weighted by molar-refractivity contribution is -0.137. The summed E-state index contributed by atoms with van der Waals surface area (Å²) in [5.41, 5.74) is 0. The Morgan fingerprint density at radius 1 is 1.00 bits per heavy atom. The van der Waals surface area contributed by atoms with Crippen molar-refractivity contribution >= 4 is 5.97 Å². The van der Waals surface area contributed by atoms with Gasteiger partial charge in [0.25, 0.3) is 0 Å². The molecule has 0 amide bonds. The van der Waals surface area contributed by atoms with Crippen LogP contribution in [0, 0.1) is 5.92 Å². The highest BCUT2D eigenvalue weighted by atomic mass is 16.5. The molecule has 0 aromatic heterocycles. The molecule has 1 atom stereocenters. The quantitative estimate of drug-likeness (QED) is 0.568. The van der Waals surface area contributed by atoms with E-state index in [0.29, 0.717) is 6.42 Å². The maximum Gasteiger partial charge on any atom is 0.303 e. The van der Waals surface area contributed by atoms with Gasteiger partial charge in [-0.2, -0.15) is 0 Å². The van der Waals surface area contributed by atoms with E-state index in [2.05, 4.69) is 0 Å². The Bertz CT molecular complexity index is 210. The highest BCUT2D eigenvalue weighted by Crippen LogP contribution is 2.20. The first kappa shape index (κ1) is 15.5. The van der Waals surface area contributed by atoms with Crippen LogP contribution in [0.4, 0.5) is 0 Å². The summed E-state index contributed by atoms with van der Waals surface area (Å²) < 4.78 is 5.37. The minimum absolute atomic E-state index is 0.337. The zero-order valence-corrected chi connectivity index (χ0v) is 11.5. The first-order chi connectivity index (χ1) is 8.79. The van der Waals surface area contributed by atoms with Crippen LogP contribution >= 0.6 is 0 Å². The highest BCUT2D eigenvalue weighted by Gasteiger charge is 2.14. The molecular formula is C15H28O3. The number of carbonyl (C=O) groups is 1. The molecule has 0 aromatic rings. The monoisotopic (exact) mass is 256 g/mol. The Labute approximate surface area is 111 Å². The molecule has 3 nitrogen and oxygen atoms in total. The normalized spacial score (nSPS) is 19.2. The molecule has 1 saturated heterocycles. The van der Waals surface area contributed by atoms with Gasteiger partial charge in [-0.05, 0) is 25.2 Å². The number of aliphatic carboxylic acids is 1. The summed E-state index contributed by atoms with van der Waals surface area (Å²) in [7, 11) is 0. The number of rotatable bonds is 11. The Kier molecular flexibility index (Phi) is 8.92. The van der Waals surface area contributed by atoms with Crippen LogP contribution in [0.25, 0.3) is 0 Å². The first-order valence-electron chi connectivity index (χ1n) is 7.58. The van der Waals surface area contributed by atoms with E-state index in [-0.39, 0.29) is 0 Å². The minimum Gasteiger partial charge on any atom is -0.481 e. The predicted octanol–water partition coefficient (Wildman–Crippen LogP) is 4.01. The van der Waals surface area contributed by atoms with Crippen LogP contribution in [-0.2, 0) is 9.53 Å². The number of unbranched alkanes of at least 4 members (excludes halogenated alkanes) is 7. The molecule has 1 unspecified atom stereocenters. The van der Waals surface area contributed by atoms with Gasteiger partial charge in [-0.25, -0.2) is 0 Å². The second kappa shape index (κ2) is 10.4. The Balaban J connectivity index is 1.72. The third-order valence-corrected chi connectivity index (χ3v) is 3.78. The van der Waals surface area contributed by atoms with Crippen LogP contribution in [0.5, 0.6) is 0 Å². The fraction of sp³-hybridized carbons (Fsp3) is 0.933. The Morgan fingerprint density at radius 2 is 1.61 bits per heavy atom. The zero-order chi connectivity index (χ0) is 13.1. The van der Waals surface area contributed by atoms with Crippen molar-refractivity contribution < 1.29 is 14.6 Å². The van der Waals surface area contributed by atoms with Crippen molar-refractivity contribution in [3.63, 3.8) is 0 Å². The highest BCUT2D eigenvalue weighted by molar-refractivity contribution is 5.66. The molecule has 1 fully saturated rings. The van der Waals surface area contributed by atoms with Gasteiger partial charge in [-0.15, -0.1) is 0 Å². The van der Waals surface area contributed by atoms with Crippen LogP contribution in [0.15, 0.2) is 0 Å². The van der Waals surface area contributed by atoms with E-state index in [9.17, 15) is 4.79 Å². The number of carboxylic acid groups (broad SMARTS) is 1. The first-order valence-corrected chi connectivity index (χ1v) is 7.58. The molecule has 0 bridgehead atoms. The number of hydrogen-bond donors (Lipinski definition) is 1. The topological polar surface area (TPSA) is 46.5 Å². The van der Waals surface area contributed by atoms with Gasteiger partial charge < -0.3 is 9.84 Å². The summed E-state index contributed by atoms with van der Waals surface area (Å²) in [6.45, 7) is 1.96. The molecule has 1 aliphatic heterocycles. The largest absolute Gasteiger partial charge is 0.481 e.